The maximum absolute atomic E-state index is 12.6. The number of H-pyrrole nitrogens is 1. The van der Waals surface area contributed by atoms with Crippen molar-refractivity contribution in [1.82, 2.24) is 9.55 Å². The van der Waals surface area contributed by atoms with Gasteiger partial charge in [0.25, 0.3) is 6.43 Å². The lowest BCUT2D eigenvalue weighted by atomic mass is 10.2. The van der Waals surface area contributed by atoms with Crippen molar-refractivity contribution in [2.24, 2.45) is 0 Å². The van der Waals surface area contributed by atoms with E-state index in [-0.39, 0.29) is 23.4 Å². The smallest absolute Gasteiger partial charge is 0.374 e. The highest BCUT2D eigenvalue weighted by molar-refractivity contribution is 7.71. The lowest BCUT2D eigenvalue weighted by Gasteiger charge is -2.08. The minimum Gasteiger partial charge on any atom is -0.374 e. The van der Waals surface area contributed by atoms with Crippen molar-refractivity contribution < 1.29 is 26.7 Å². The molecule has 0 saturated heterocycles. The molecule has 0 aliphatic carbocycles. The second-order valence-electron chi connectivity index (χ2n) is 4.28. The first-order valence-electron chi connectivity index (χ1n) is 5.94. The van der Waals surface area contributed by atoms with Gasteiger partial charge in [0.1, 0.15) is 6.61 Å². The summed E-state index contributed by atoms with van der Waals surface area (Å²) < 4.78 is 68.1. The van der Waals surface area contributed by atoms with Gasteiger partial charge in [-0.2, -0.15) is 13.2 Å². The standard InChI is InChI=1S/C12H11F5N2OS/c13-10(14)6-20-4-3-19-9-2-1-7(12(15,16)17)5-8(9)18-11(19)21/h1-2,5,10H,3-4,6H2,(H,18,21). The third-order valence-electron chi connectivity index (χ3n) is 2.80. The Balaban J connectivity index is 2.21. The first-order chi connectivity index (χ1) is 9.79. The van der Waals surface area contributed by atoms with Crippen LogP contribution in [0.1, 0.15) is 5.56 Å². The van der Waals surface area contributed by atoms with Crippen molar-refractivity contribution in [1.29, 1.82) is 0 Å². The molecule has 1 N–H and O–H groups in total. The van der Waals surface area contributed by atoms with Crippen LogP contribution in [0.3, 0.4) is 0 Å². The summed E-state index contributed by atoms with van der Waals surface area (Å²) >= 11 is 5.01. The van der Waals surface area contributed by atoms with E-state index in [1.807, 2.05) is 0 Å². The van der Waals surface area contributed by atoms with Gasteiger partial charge in [0.2, 0.25) is 0 Å². The van der Waals surface area contributed by atoms with Gasteiger partial charge < -0.3 is 14.3 Å². The molecule has 1 aromatic carbocycles. The van der Waals surface area contributed by atoms with Crippen LogP contribution in [-0.4, -0.2) is 29.2 Å². The number of alkyl halides is 5. The maximum Gasteiger partial charge on any atom is 0.416 e. The van der Waals surface area contributed by atoms with Gasteiger partial charge >= 0.3 is 6.18 Å². The highest BCUT2D eigenvalue weighted by Gasteiger charge is 2.30. The largest absolute Gasteiger partial charge is 0.416 e. The lowest BCUT2D eigenvalue weighted by Crippen LogP contribution is -2.10. The number of aromatic amines is 1. The van der Waals surface area contributed by atoms with Crippen molar-refractivity contribution in [2.45, 2.75) is 19.1 Å². The molecule has 1 heterocycles. The Kier molecular flexibility index (Phi) is 4.62. The number of hydrogen-bond acceptors (Lipinski definition) is 2. The number of halogens is 5. The van der Waals surface area contributed by atoms with Gasteiger partial charge in [-0.05, 0) is 30.4 Å². The summed E-state index contributed by atoms with van der Waals surface area (Å²) in [7, 11) is 0. The number of hydrogen-bond donors (Lipinski definition) is 1. The van der Waals surface area contributed by atoms with Crippen LogP contribution in [0, 0.1) is 4.77 Å². The Morgan fingerprint density at radius 1 is 1.29 bits per heavy atom. The van der Waals surface area contributed by atoms with Crippen LogP contribution in [0.2, 0.25) is 0 Å². The average Bonchev–Trinajstić information content (AvgIpc) is 2.68. The van der Waals surface area contributed by atoms with Crippen LogP contribution >= 0.6 is 12.2 Å². The summed E-state index contributed by atoms with van der Waals surface area (Å²) in [5, 5.41) is 0. The SMILES string of the molecule is FC(F)COCCn1c(=S)[nH]c2cc(C(F)(F)F)ccc21. The predicted molar refractivity (Wildman–Crippen MR) is 68.9 cm³/mol. The molecule has 0 aliphatic heterocycles. The van der Waals surface area contributed by atoms with E-state index in [4.69, 9.17) is 17.0 Å². The minimum atomic E-state index is -4.44. The molecule has 9 heteroatoms. The molecule has 0 radical (unpaired) electrons. The number of nitrogens with one attached hydrogen (secondary N) is 1. The van der Waals surface area contributed by atoms with E-state index in [2.05, 4.69) is 4.98 Å². The first kappa shape index (κ1) is 15.9. The second kappa shape index (κ2) is 6.10. The van der Waals surface area contributed by atoms with Gasteiger partial charge in [0, 0.05) is 6.54 Å². The predicted octanol–water partition coefficient (Wildman–Crippen LogP) is 4.00. The van der Waals surface area contributed by atoms with Crippen molar-refractivity contribution in [3.8, 4) is 0 Å². The fraction of sp³-hybridized carbons (Fsp3) is 0.417. The second-order valence-corrected chi connectivity index (χ2v) is 4.66. The van der Waals surface area contributed by atoms with E-state index >= 15 is 0 Å². The first-order valence-corrected chi connectivity index (χ1v) is 6.35. The van der Waals surface area contributed by atoms with Gasteiger partial charge in [-0.15, -0.1) is 0 Å². The minimum absolute atomic E-state index is 0.00732. The zero-order valence-electron chi connectivity index (χ0n) is 10.6. The molecular formula is C12H11F5N2OS. The van der Waals surface area contributed by atoms with E-state index in [0.29, 0.717) is 5.52 Å². The lowest BCUT2D eigenvalue weighted by molar-refractivity contribution is -0.137. The molecule has 0 fully saturated rings. The van der Waals surface area contributed by atoms with Crippen LogP contribution in [0.4, 0.5) is 22.0 Å². The highest BCUT2D eigenvalue weighted by Crippen LogP contribution is 2.31. The maximum atomic E-state index is 12.6. The zero-order valence-corrected chi connectivity index (χ0v) is 11.4. The van der Waals surface area contributed by atoms with E-state index in [0.717, 1.165) is 12.1 Å². The molecule has 1 aromatic heterocycles. The summed E-state index contributed by atoms with van der Waals surface area (Å²) in [6, 6.07) is 3.20. The molecular weight excluding hydrogens is 315 g/mol. The highest BCUT2D eigenvalue weighted by atomic mass is 32.1. The number of rotatable bonds is 5. The topological polar surface area (TPSA) is 29.9 Å². The fourth-order valence-electron chi connectivity index (χ4n) is 1.89. The van der Waals surface area contributed by atoms with Crippen LogP contribution in [0.25, 0.3) is 11.0 Å². The third kappa shape index (κ3) is 3.79. The Hall–Kier alpha value is -1.48. The van der Waals surface area contributed by atoms with E-state index in [1.165, 1.54) is 10.6 Å². The molecule has 0 amide bonds. The van der Waals surface area contributed by atoms with Gasteiger partial charge in [-0.1, -0.05) is 0 Å². The Labute approximate surface area is 121 Å². The number of ether oxygens (including phenoxy) is 1. The van der Waals surface area contributed by atoms with Gasteiger partial charge in [0.15, 0.2) is 4.77 Å². The van der Waals surface area contributed by atoms with Crippen LogP contribution in [-0.2, 0) is 17.5 Å². The number of aromatic nitrogens is 2. The van der Waals surface area contributed by atoms with Crippen molar-refractivity contribution in [3.63, 3.8) is 0 Å². The number of benzene rings is 1. The Morgan fingerprint density at radius 2 is 2.00 bits per heavy atom. The molecule has 3 nitrogen and oxygen atoms in total. The quantitative estimate of drug-likeness (QED) is 0.511. The van der Waals surface area contributed by atoms with Crippen molar-refractivity contribution >= 4 is 23.3 Å². The Morgan fingerprint density at radius 3 is 2.62 bits per heavy atom. The van der Waals surface area contributed by atoms with Gasteiger partial charge in [-0.3, -0.25) is 0 Å². The third-order valence-corrected chi connectivity index (χ3v) is 3.13. The summed E-state index contributed by atoms with van der Waals surface area (Å²) in [6.45, 7) is -0.516. The zero-order chi connectivity index (χ0) is 15.6. The van der Waals surface area contributed by atoms with Crippen molar-refractivity contribution in [2.75, 3.05) is 13.2 Å². The Bertz CT molecular complexity index is 676. The fourth-order valence-corrected chi connectivity index (χ4v) is 2.19. The van der Waals surface area contributed by atoms with Gasteiger partial charge in [0.05, 0.1) is 23.2 Å². The molecule has 0 saturated carbocycles. The molecule has 0 bridgehead atoms. The number of fused-ring (bicyclic) bond motifs is 1. The van der Waals surface area contributed by atoms with Gasteiger partial charge in [-0.25, -0.2) is 8.78 Å². The van der Waals surface area contributed by atoms with E-state index < -0.39 is 24.8 Å². The molecule has 0 unspecified atom stereocenters. The molecule has 0 spiro atoms. The summed E-state index contributed by atoms with van der Waals surface area (Å²) in [5.41, 5.74) is -0.0790. The van der Waals surface area contributed by atoms with Crippen LogP contribution in [0.15, 0.2) is 18.2 Å². The molecule has 0 aliphatic rings. The average molecular weight is 326 g/mol. The monoisotopic (exact) mass is 326 g/mol. The molecule has 0 atom stereocenters. The molecule has 2 rings (SSSR count). The number of nitrogens with zero attached hydrogens (tertiary/aromatic N) is 1. The summed E-state index contributed by atoms with van der Waals surface area (Å²) in [4.78, 5) is 2.66. The number of imidazole rings is 1. The van der Waals surface area contributed by atoms with Crippen LogP contribution in [0.5, 0.6) is 0 Å². The molecule has 21 heavy (non-hydrogen) atoms. The summed E-state index contributed by atoms with van der Waals surface area (Å²) in [5.74, 6) is 0. The van der Waals surface area contributed by atoms with E-state index in [9.17, 15) is 22.0 Å². The summed E-state index contributed by atoms with van der Waals surface area (Å²) in [6.07, 6.45) is -7.00. The van der Waals surface area contributed by atoms with Crippen LogP contribution < -0.4 is 0 Å². The normalized spacial score (nSPS) is 12.5. The molecule has 116 valence electrons. The molecule has 2 aromatic rings. The van der Waals surface area contributed by atoms with Crippen molar-refractivity contribution in [3.05, 3.63) is 28.5 Å². The van der Waals surface area contributed by atoms with E-state index in [1.54, 1.807) is 0 Å².